The third kappa shape index (κ3) is 5.76. The molecule has 3 rings (SSSR count). The molecule has 158 valence electrons. The van der Waals surface area contributed by atoms with Crippen LogP contribution >= 0.6 is 0 Å². The van der Waals surface area contributed by atoms with E-state index in [2.05, 4.69) is 10.6 Å². The van der Waals surface area contributed by atoms with Gasteiger partial charge >= 0.3 is 6.18 Å². The molecule has 0 fully saturated rings. The third-order valence-corrected chi connectivity index (χ3v) is 5.64. The van der Waals surface area contributed by atoms with Crippen LogP contribution in [0.4, 0.5) is 24.5 Å². The van der Waals surface area contributed by atoms with E-state index < -0.39 is 21.6 Å². The van der Waals surface area contributed by atoms with Crippen LogP contribution < -0.4 is 10.6 Å². The number of rotatable bonds is 7. The van der Waals surface area contributed by atoms with Crippen LogP contribution in [0.1, 0.15) is 16.7 Å². The molecule has 0 atom stereocenters. The summed E-state index contributed by atoms with van der Waals surface area (Å²) in [7, 11) is -3.23. The summed E-state index contributed by atoms with van der Waals surface area (Å²) in [6, 6.07) is 19.3. The predicted octanol–water partition coefficient (Wildman–Crippen LogP) is 5.33. The van der Waals surface area contributed by atoms with Gasteiger partial charge < -0.3 is 10.6 Å². The number of halogens is 3. The van der Waals surface area contributed by atoms with Crippen molar-refractivity contribution in [2.75, 3.05) is 16.9 Å². The highest BCUT2D eigenvalue weighted by atomic mass is 32.2. The molecular formula is C22H21F3N2O2S. The lowest BCUT2D eigenvalue weighted by Gasteiger charge is -2.14. The largest absolute Gasteiger partial charge is 0.416 e. The average molecular weight is 434 g/mol. The zero-order valence-corrected chi connectivity index (χ0v) is 17.0. The number of hydrogen-bond donors (Lipinski definition) is 2. The molecule has 0 radical (unpaired) electrons. The monoisotopic (exact) mass is 434 g/mol. The Morgan fingerprint density at radius 3 is 2.00 bits per heavy atom. The van der Waals surface area contributed by atoms with Crippen molar-refractivity contribution in [3.63, 3.8) is 0 Å². The maximum atomic E-state index is 13.1. The number of hydrogen-bond acceptors (Lipinski definition) is 4. The van der Waals surface area contributed by atoms with E-state index in [-0.39, 0.29) is 17.0 Å². The van der Waals surface area contributed by atoms with Gasteiger partial charge in [0.15, 0.2) is 9.84 Å². The fraction of sp³-hybridized carbons (Fsp3) is 0.182. The lowest BCUT2D eigenvalue weighted by atomic mass is 10.1. The third-order valence-electron chi connectivity index (χ3n) is 4.52. The van der Waals surface area contributed by atoms with E-state index in [1.54, 1.807) is 48.5 Å². The van der Waals surface area contributed by atoms with E-state index in [0.717, 1.165) is 23.6 Å². The van der Waals surface area contributed by atoms with E-state index in [1.165, 1.54) is 12.1 Å². The summed E-state index contributed by atoms with van der Waals surface area (Å²) in [5.74, 6) is 0. The molecule has 0 aliphatic heterocycles. The Kier molecular flexibility index (Phi) is 6.36. The Morgan fingerprint density at radius 1 is 0.800 bits per heavy atom. The maximum Gasteiger partial charge on any atom is 0.416 e. The summed E-state index contributed by atoms with van der Waals surface area (Å²) in [6.45, 7) is 0.524. The van der Waals surface area contributed by atoms with Crippen LogP contribution in [0.3, 0.4) is 0 Å². The number of alkyl halides is 3. The molecule has 8 heteroatoms. The second kappa shape index (κ2) is 8.79. The number of sulfone groups is 1. The smallest absolute Gasteiger partial charge is 0.381 e. The summed E-state index contributed by atoms with van der Waals surface area (Å²) in [5.41, 5.74) is 1.90. The molecule has 0 aliphatic rings. The van der Waals surface area contributed by atoms with Gasteiger partial charge in [-0.05, 0) is 47.5 Å². The predicted molar refractivity (Wildman–Crippen MR) is 112 cm³/mol. The fourth-order valence-electron chi connectivity index (χ4n) is 2.95. The van der Waals surface area contributed by atoms with Gasteiger partial charge in [0.2, 0.25) is 0 Å². The molecule has 2 N–H and O–H groups in total. The van der Waals surface area contributed by atoms with E-state index in [4.69, 9.17) is 0 Å². The Labute approximate surface area is 173 Å². The van der Waals surface area contributed by atoms with Crippen LogP contribution in [-0.4, -0.2) is 14.7 Å². The van der Waals surface area contributed by atoms with Crippen molar-refractivity contribution in [1.29, 1.82) is 0 Å². The lowest BCUT2D eigenvalue weighted by molar-refractivity contribution is -0.138. The second-order valence-corrected chi connectivity index (χ2v) is 8.87. The van der Waals surface area contributed by atoms with Crippen molar-refractivity contribution in [3.05, 3.63) is 89.5 Å². The SMILES string of the molecule is CS(=O)(=O)c1ccc(CNc2cccc(NCc3ccccc3C(F)(F)F)c2)cc1. The molecule has 3 aromatic rings. The minimum Gasteiger partial charge on any atom is -0.381 e. The average Bonchev–Trinajstić information content (AvgIpc) is 2.70. The molecule has 0 spiro atoms. The Morgan fingerprint density at radius 2 is 1.40 bits per heavy atom. The van der Waals surface area contributed by atoms with Crippen LogP contribution in [-0.2, 0) is 29.1 Å². The normalized spacial score (nSPS) is 11.9. The Balaban J connectivity index is 1.63. The van der Waals surface area contributed by atoms with E-state index in [0.29, 0.717) is 12.2 Å². The molecule has 0 saturated heterocycles. The summed E-state index contributed by atoms with van der Waals surface area (Å²) in [6.07, 6.45) is -3.24. The first kappa shape index (κ1) is 21.7. The second-order valence-electron chi connectivity index (χ2n) is 6.86. The van der Waals surface area contributed by atoms with Crippen LogP contribution in [0.25, 0.3) is 0 Å². The summed E-state index contributed by atoms with van der Waals surface area (Å²) >= 11 is 0. The molecule has 0 bridgehead atoms. The standard InChI is InChI=1S/C22H21F3N2O2S/c1-30(28,29)20-11-9-16(10-12-20)14-26-18-6-4-7-19(13-18)27-15-17-5-2-3-8-21(17)22(23,24)25/h2-13,26-27H,14-15H2,1H3. The molecule has 0 aliphatic carbocycles. The highest BCUT2D eigenvalue weighted by molar-refractivity contribution is 7.90. The highest BCUT2D eigenvalue weighted by Crippen LogP contribution is 2.32. The Bertz CT molecular complexity index is 1110. The van der Waals surface area contributed by atoms with Crippen LogP contribution in [0, 0.1) is 0 Å². The summed E-state index contributed by atoms with van der Waals surface area (Å²) in [4.78, 5) is 0.261. The van der Waals surface area contributed by atoms with Gasteiger partial charge in [-0.2, -0.15) is 13.2 Å². The zero-order valence-electron chi connectivity index (χ0n) is 16.2. The topological polar surface area (TPSA) is 58.2 Å². The molecule has 3 aromatic carbocycles. The van der Waals surface area contributed by atoms with Crippen LogP contribution in [0.2, 0.25) is 0 Å². The van der Waals surface area contributed by atoms with Gasteiger partial charge in [-0.25, -0.2) is 8.42 Å². The van der Waals surface area contributed by atoms with Crippen molar-refractivity contribution in [2.24, 2.45) is 0 Å². The number of anilines is 2. The maximum absolute atomic E-state index is 13.1. The van der Waals surface area contributed by atoms with Crippen LogP contribution in [0.15, 0.2) is 77.7 Å². The van der Waals surface area contributed by atoms with Crippen molar-refractivity contribution < 1.29 is 21.6 Å². The molecule has 0 heterocycles. The molecule has 0 saturated carbocycles. The van der Waals surface area contributed by atoms with Gasteiger partial charge in [0.05, 0.1) is 10.5 Å². The number of benzene rings is 3. The minimum absolute atomic E-state index is 0.0477. The quantitative estimate of drug-likeness (QED) is 0.528. The Hall–Kier alpha value is -3.00. The zero-order chi connectivity index (χ0) is 21.8. The van der Waals surface area contributed by atoms with Gasteiger partial charge in [0, 0.05) is 30.7 Å². The molecule has 0 aromatic heterocycles. The number of nitrogens with one attached hydrogen (secondary N) is 2. The highest BCUT2D eigenvalue weighted by Gasteiger charge is 2.32. The van der Waals surface area contributed by atoms with Crippen molar-refractivity contribution in [2.45, 2.75) is 24.2 Å². The van der Waals surface area contributed by atoms with E-state index in [9.17, 15) is 21.6 Å². The first-order chi connectivity index (χ1) is 14.1. The first-order valence-corrected chi connectivity index (χ1v) is 11.0. The van der Waals surface area contributed by atoms with Crippen molar-refractivity contribution in [1.82, 2.24) is 0 Å². The first-order valence-electron chi connectivity index (χ1n) is 9.15. The van der Waals surface area contributed by atoms with E-state index in [1.807, 2.05) is 6.07 Å². The van der Waals surface area contributed by atoms with Gasteiger partial charge in [0.1, 0.15) is 0 Å². The minimum atomic E-state index is -4.39. The van der Waals surface area contributed by atoms with Crippen molar-refractivity contribution in [3.8, 4) is 0 Å². The fourth-order valence-corrected chi connectivity index (χ4v) is 3.58. The molecule has 4 nitrogen and oxygen atoms in total. The van der Waals surface area contributed by atoms with Gasteiger partial charge in [-0.15, -0.1) is 0 Å². The van der Waals surface area contributed by atoms with Crippen molar-refractivity contribution >= 4 is 21.2 Å². The van der Waals surface area contributed by atoms with Gasteiger partial charge in [-0.1, -0.05) is 36.4 Å². The summed E-state index contributed by atoms with van der Waals surface area (Å²) in [5, 5.41) is 6.25. The van der Waals surface area contributed by atoms with Crippen LogP contribution in [0.5, 0.6) is 0 Å². The molecule has 0 amide bonds. The lowest BCUT2D eigenvalue weighted by Crippen LogP contribution is -2.11. The summed E-state index contributed by atoms with van der Waals surface area (Å²) < 4.78 is 62.4. The van der Waals surface area contributed by atoms with E-state index >= 15 is 0 Å². The van der Waals surface area contributed by atoms with Gasteiger partial charge in [0.25, 0.3) is 0 Å². The van der Waals surface area contributed by atoms with Gasteiger partial charge in [-0.3, -0.25) is 0 Å². The molecular weight excluding hydrogens is 413 g/mol. The molecule has 30 heavy (non-hydrogen) atoms. The molecule has 0 unspecified atom stereocenters.